The van der Waals surface area contributed by atoms with Crippen LogP contribution in [0.5, 0.6) is 0 Å². The summed E-state index contributed by atoms with van der Waals surface area (Å²) in [5.41, 5.74) is -0.514. The third-order valence-corrected chi connectivity index (χ3v) is 9.15. The fourth-order valence-corrected chi connectivity index (χ4v) is 7.31. The Morgan fingerprint density at radius 3 is 2.46 bits per heavy atom. The number of sulfonamides is 1. The molecule has 1 amide bonds. The molecule has 0 aromatic heterocycles. The van der Waals surface area contributed by atoms with Crippen LogP contribution in [-0.2, 0) is 28.7 Å². The Morgan fingerprint density at radius 2 is 1.92 bits per heavy atom. The molecule has 37 heavy (non-hydrogen) atoms. The van der Waals surface area contributed by atoms with Gasteiger partial charge < -0.3 is 14.7 Å². The van der Waals surface area contributed by atoms with Crippen molar-refractivity contribution in [3.8, 4) is 0 Å². The van der Waals surface area contributed by atoms with Gasteiger partial charge in [0.1, 0.15) is 11.4 Å². The second kappa shape index (κ2) is 10.2. The lowest BCUT2D eigenvalue weighted by atomic mass is 9.83. The van der Waals surface area contributed by atoms with E-state index in [1.165, 1.54) is 18.2 Å². The van der Waals surface area contributed by atoms with Gasteiger partial charge in [-0.25, -0.2) is 8.42 Å². The van der Waals surface area contributed by atoms with E-state index >= 15 is 0 Å². The molecule has 3 atom stereocenters. The van der Waals surface area contributed by atoms with Gasteiger partial charge in [-0.15, -0.1) is 0 Å². The number of carbonyl (C=O) groups is 2. The average molecular weight is 555 g/mol. The maximum atomic E-state index is 14.0. The molecule has 3 unspecified atom stereocenters. The number of Topliss-reactive ketones (excluding diaryl/α,β-unsaturated/α-hetero) is 1. The number of amidine groups is 1. The van der Waals surface area contributed by atoms with E-state index in [2.05, 4.69) is 35.6 Å². The van der Waals surface area contributed by atoms with Crippen molar-refractivity contribution in [2.24, 2.45) is 22.0 Å². The molecule has 0 radical (unpaired) electrons. The largest absolute Gasteiger partial charge is 0.348 e. The van der Waals surface area contributed by atoms with Crippen LogP contribution in [0.2, 0.25) is 0 Å². The molecule has 2 aliphatic heterocycles. The number of ketones is 1. The molecule has 10 nitrogen and oxygen atoms in total. The van der Waals surface area contributed by atoms with Gasteiger partial charge in [0.15, 0.2) is 11.7 Å². The van der Waals surface area contributed by atoms with Gasteiger partial charge in [0, 0.05) is 12.2 Å². The minimum absolute atomic E-state index is 0.00338. The number of fused-ring (bicyclic) bond motifs is 1. The third kappa shape index (κ3) is 6.26. The van der Waals surface area contributed by atoms with E-state index in [-0.39, 0.29) is 46.5 Å². The first-order chi connectivity index (χ1) is 16.9. The van der Waals surface area contributed by atoms with Crippen molar-refractivity contribution in [2.75, 3.05) is 29.4 Å². The maximum absolute atomic E-state index is 14.0. The van der Waals surface area contributed by atoms with Crippen LogP contribution in [0.1, 0.15) is 61.3 Å². The number of anilines is 2. The van der Waals surface area contributed by atoms with E-state index in [1.54, 1.807) is 18.7 Å². The van der Waals surface area contributed by atoms with Crippen LogP contribution in [0.3, 0.4) is 0 Å². The highest BCUT2D eigenvalue weighted by Gasteiger charge is 2.58. The van der Waals surface area contributed by atoms with Gasteiger partial charge in [-0.2, -0.15) is 4.76 Å². The molecule has 2 heterocycles. The standard InChI is InChI=1S/C25H39N4O6PS/c1-9-35-36(32)19-14-17(28-37(8,33)34)10-11-18(19)26-22(27-36)20-21(30)25(7,15-16(2)3)29(23(20)31)13-12-24(4,5)6/h10-11,14,16,20,28H,9,12-13,15H2,1-8H3,(H,26,27,32). The van der Waals surface area contributed by atoms with Crippen molar-refractivity contribution < 1.29 is 27.1 Å². The van der Waals surface area contributed by atoms with E-state index in [4.69, 9.17) is 4.52 Å². The van der Waals surface area contributed by atoms with Crippen molar-refractivity contribution in [1.82, 2.24) is 4.90 Å². The molecule has 2 aliphatic rings. The molecule has 1 aromatic carbocycles. The minimum Gasteiger partial charge on any atom is -0.342 e. The van der Waals surface area contributed by atoms with Gasteiger partial charge in [0.05, 0.1) is 23.9 Å². The number of likely N-dealkylation sites (tertiary alicyclic amines) is 1. The fraction of sp³-hybridized carbons (Fsp3) is 0.640. The third-order valence-electron chi connectivity index (χ3n) is 6.48. The highest BCUT2D eigenvalue weighted by molar-refractivity contribution is 7.92. The molecule has 0 bridgehead atoms. The summed E-state index contributed by atoms with van der Waals surface area (Å²) in [4.78, 5) is 29.4. The molecule has 1 saturated heterocycles. The summed E-state index contributed by atoms with van der Waals surface area (Å²) >= 11 is 0. The van der Waals surface area contributed by atoms with Gasteiger partial charge in [-0.3, -0.25) is 18.9 Å². The van der Waals surface area contributed by atoms with E-state index in [9.17, 15) is 22.6 Å². The van der Waals surface area contributed by atoms with Crippen LogP contribution in [-0.4, -0.2) is 55.8 Å². The second-order valence-electron chi connectivity index (χ2n) is 11.6. The number of hydrogen-bond donors (Lipinski definition) is 2. The topological polar surface area (TPSA) is 134 Å². The molecule has 0 aliphatic carbocycles. The van der Waals surface area contributed by atoms with E-state index in [1.807, 2.05) is 13.8 Å². The molecule has 0 spiro atoms. The molecule has 2 N–H and O–H groups in total. The Kier molecular flexibility index (Phi) is 8.05. The summed E-state index contributed by atoms with van der Waals surface area (Å²) in [6, 6.07) is 4.44. The molecule has 0 saturated carbocycles. The van der Waals surface area contributed by atoms with Gasteiger partial charge in [0.2, 0.25) is 15.9 Å². The predicted octanol–water partition coefficient (Wildman–Crippen LogP) is 4.01. The Hall–Kier alpha value is -2.23. The summed E-state index contributed by atoms with van der Waals surface area (Å²) in [5.74, 6) is -1.73. The van der Waals surface area contributed by atoms with Crippen LogP contribution in [0, 0.1) is 17.3 Å². The number of benzene rings is 1. The first-order valence-electron chi connectivity index (χ1n) is 12.5. The average Bonchev–Trinajstić information content (AvgIpc) is 2.89. The van der Waals surface area contributed by atoms with Gasteiger partial charge >= 0.3 is 7.52 Å². The van der Waals surface area contributed by atoms with Crippen LogP contribution in [0.15, 0.2) is 23.0 Å². The summed E-state index contributed by atoms with van der Waals surface area (Å²) in [7, 11) is -7.49. The maximum Gasteiger partial charge on any atom is 0.348 e. The van der Waals surface area contributed by atoms with Crippen molar-refractivity contribution >= 4 is 51.7 Å². The summed E-state index contributed by atoms with van der Waals surface area (Å²) in [6.07, 6.45) is 2.22. The molecule has 12 heteroatoms. The lowest BCUT2D eigenvalue weighted by molar-refractivity contribution is -0.133. The number of hydrogen-bond acceptors (Lipinski definition) is 7. The quantitative estimate of drug-likeness (QED) is 0.348. The zero-order chi connectivity index (χ0) is 28.0. The Labute approximate surface area is 220 Å². The van der Waals surface area contributed by atoms with Gasteiger partial charge in [0.25, 0.3) is 0 Å². The molecule has 1 aromatic rings. The van der Waals surface area contributed by atoms with E-state index < -0.39 is 29.0 Å². The molecular weight excluding hydrogens is 515 g/mol. The monoisotopic (exact) mass is 554 g/mol. The van der Waals surface area contributed by atoms with Gasteiger partial charge in [-0.05, 0) is 56.2 Å². The van der Waals surface area contributed by atoms with Crippen molar-refractivity contribution in [3.05, 3.63) is 18.2 Å². The highest BCUT2D eigenvalue weighted by atomic mass is 32.2. The second-order valence-corrected chi connectivity index (χ2v) is 15.4. The van der Waals surface area contributed by atoms with Crippen molar-refractivity contribution in [3.63, 3.8) is 0 Å². The predicted molar refractivity (Wildman–Crippen MR) is 147 cm³/mol. The Morgan fingerprint density at radius 1 is 1.27 bits per heavy atom. The smallest absolute Gasteiger partial charge is 0.342 e. The summed E-state index contributed by atoms with van der Waals surface area (Å²) in [5, 5.41) is 3.21. The zero-order valence-corrected chi connectivity index (χ0v) is 24.6. The highest BCUT2D eigenvalue weighted by Crippen LogP contribution is 2.53. The minimum atomic E-state index is -3.92. The van der Waals surface area contributed by atoms with Crippen LogP contribution >= 0.6 is 7.52 Å². The van der Waals surface area contributed by atoms with Crippen LogP contribution in [0.25, 0.3) is 0 Å². The fourth-order valence-electron chi connectivity index (χ4n) is 4.92. The molecular formula is C25H39N4O6PS. The number of amides is 1. The molecule has 206 valence electrons. The Balaban J connectivity index is 2.07. The first-order valence-corrected chi connectivity index (χ1v) is 16.0. The van der Waals surface area contributed by atoms with Crippen molar-refractivity contribution in [2.45, 2.75) is 66.8 Å². The SMILES string of the molecule is CCOP1(=O)N=C(C2C(=O)N(CCC(C)(C)C)C(C)(CC(C)C)C2=O)Nc2ccc(NS(C)(=O)=O)cc21. The number of nitrogens with zero attached hydrogens (tertiary/aromatic N) is 2. The Bertz CT molecular complexity index is 1270. The normalized spacial score (nSPS) is 26.2. The summed E-state index contributed by atoms with van der Waals surface area (Å²) in [6.45, 7) is 14.2. The lowest BCUT2D eigenvalue weighted by Crippen LogP contribution is -2.49. The molecule has 3 rings (SSSR count). The van der Waals surface area contributed by atoms with Crippen LogP contribution < -0.4 is 15.3 Å². The van der Waals surface area contributed by atoms with Crippen molar-refractivity contribution in [1.29, 1.82) is 0 Å². The van der Waals surface area contributed by atoms with E-state index in [0.717, 1.165) is 6.26 Å². The lowest BCUT2D eigenvalue weighted by Gasteiger charge is -2.36. The van der Waals surface area contributed by atoms with Crippen LogP contribution in [0.4, 0.5) is 11.4 Å². The van der Waals surface area contributed by atoms with E-state index in [0.29, 0.717) is 25.1 Å². The number of rotatable bonds is 9. The summed E-state index contributed by atoms with van der Waals surface area (Å²) < 4.78 is 49.7. The van der Waals surface area contributed by atoms with Gasteiger partial charge in [-0.1, -0.05) is 34.6 Å². The first kappa shape index (κ1) is 29.3. The number of nitrogens with one attached hydrogen (secondary N) is 2. The molecule has 1 fully saturated rings. The zero-order valence-electron chi connectivity index (χ0n) is 22.9. The number of carbonyl (C=O) groups excluding carboxylic acids is 2.